The van der Waals surface area contributed by atoms with Crippen LogP contribution in [-0.4, -0.2) is 24.5 Å². The third kappa shape index (κ3) is 4.64. The van der Waals surface area contributed by atoms with Crippen LogP contribution in [0.5, 0.6) is 0 Å². The van der Waals surface area contributed by atoms with Crippen molar-refractivity contribution in [2.45, 2.75) is 0 Å². The lowest BCUT2D eigenvalue weighted by Gasteiger charge is -2.13. The van der Waals surface area contributed by atoms with Gasteiger partial charge in [0.15, 0.2) is 0 Å². The van der Waals surface area contributed by atoms with Crippen LogP contribution in [0, 0.1) is 0 Å². The molecule has 4 aromatic carbocycles. The van der Waals surface area contributed by atoms with Gasteiger partial charge in [-0.25, -0.2) is 9.97 Å². The Morgan fingerprint density at radius 1 is 0.426 bits per heavy atom. The number of aromatic nitrogens is 5. The lowest BCUT2D eigenvalue weighted by Crippen LogP contribution is -1.97. The van der Waals surface area contributed by atoms with Gasteiger partial charge >= 0.3 is 0 Å². The van der Waals surface area contributed by atoms with Gasteiger partial charge in [-0.3, -0.25) is 9.97 Å². The second kappa shape index (κ2) is 11.2. The van der Waals surface area contributed by atoms with Crippen molar-refractivity contribution < 1.29 is 0 Å². The minimum absolute atomic E-state index is 0.808. The molecule has 0 spiro atoms. The second-order valence-corrected chi connectivity index (χ2v) is 11.5. The molecule has 47 heavy (non-hydrogen) atoms. The molecule has 220 valence electrons. The number of hydrogen-bond acceptors (Lipinski definition) is 4. The predicted molar refractivity (Wildman–Crippen MR) is 191 cm³/mol. The summed E-state index contributed by atoms with van der Waals surface area (Å²) in [5.74, 6) is 0. The molecule has 9 rings (SSSR count). The molecule has 0 aliphatic rings. The molecule has 5 aromatic heterocycles. The monoisotopic (exact) mass is 601 g/mol. The van der Waals surface area contributed by atoms with Crippen molar-refractivity contribution in [2.75, 3.05) is 0 Å². The van der Waals surface area contributed by atoms with E-state index in [1.165, 1.54) is 5.39 Å². The summed E-state index contributed by atoms with van der Waals surface area (Å²) in [4.78, 5) is 19.3. The Balaban J connectivity index is 1.25. The van der Waals surface area contributed by atoms with Gasteiger partial charge in [0.1, 0.15) is 0 Å². The van der Waals surface area contributed by atoms with E-state index >= 15 is 0 Å². The summed E-state index contributed by atoms with van der Waals surface area (Å²) < 4.78 is 2.39. The van der Waals surface area contributed by atoms with Crippen molar-refractivity contribution in [3.63, 3.8) is 0 Å². The van der Waals surface area contributed by atoms with E-state index in [-0.39, 0.29) is 0 Å². The number of para-hydroxylation sites is 2. The Morgan fingerprint density at radius 2 is 1.04 bits per heavy atom. The molecule has 0 bridgehead atoms. The molecule has 9 aromatic rings. The number of nitrogens with zero attached hydrogens (tertiary/aromatic N) is 5. The van der Waals surface area contributed by atoms with Crippen molar-refractivity contribution in [1.29, 1.82) is 0 Å². The van der Waals surface area contributed by atoms with Gasteiger partial charge in [0, 0.05) is 39.8 Å². The zero-order chi connectivity index (χ0) is 31.2. The average Bonchev–Trinajstić information content (AvgIpc) is 3.51. The smallest absolute Gasteiger partial charge is 0.0900 e. The van der Waals surface area contributed by atoms with Gasteiger partial charge < -0.3 is 4.57 Å². The molecule has 0 unspecified atom stereocenters. The fraction of sp³-hybridized carbons (Fsp3) is 0. The number of fused-ring (bicyclic) bond motifs is 5. The fourth-order valence-electron chi connectivity index (χ4n) is 6.55. The highest BCUT2D eigenvalue weighted by Gasteiger charge is 2.20. The Hall–Kier alpha value is -6.46. The molecule has 0 fully saturated rings. The summed E-state index contributed by atoms with van der Waals surface area (Å²) in [5, 5.41) is 3.46. The van der Waals surface area contributed by atoms with E-state index in [4.69, 9.17) is 9.97 Å². The minimum atomic E-state index is 0.808. The van der Waals surface area contributed by atoms with E-state index in [1.54, 1.807) is 12.4 Å². The highest BCUT2D eigenvalue weighted by molar-refractivity contribution is 6.22. The Bertz CT molecular complexity index is 2480. The van der Waals surface area contributed by atoms with Crippen molar-refractivity contribution >= 4 is 32.7 Å². The first-order valence-electron chi connectivity index (χ1n) is 15.6. The van der Waals surface area contributed by atoms with Gasteiger partial charge in [0.05, 0.1) is 45.0 Å². The number of pyridine rings is 4. The molecule has 0 saturated heterocycles. The van der Waals surface area contributed by atoms with Crippen LogP contribution in [0.15, 0.2) is 164 Å². The highest BCUT2D eigenvalue weighted by atomic mass is 15.0. The van der Waals surface area contributed by atoms with Crippen LogP contribution in [0.4, 0.5) is 0 Å². The molecular formula is C42H27N5. The standard InChI is InChI=1S/C42H27N5/c1-2-12-29(13-3-1)41-40-33-15-5-7-19-39(33)47(42(40)32-14-4-6-16-34(32)46-41)31-22-20-28(21-23-31)30-26-37(35-17-8-10-24-43-35)45-38(27-30)36-18-9-11-25-44-36/h1-27H. The number of rotatable bonds is 5. The molecule has 0 amide bonds. The highest BCUT2D eigenvalue weighted by Crippen LogP contribution is 2.41. The summed E-state index contributed by atoms with van der Waals surface area (Å²) in [5.41, 5.74) is 11.8. The maximum atomic E-state index is 5.22. The maximum absolute atomic E-state index is 5.22. The Kier molecular flexibility index (Phi) is 6.39. The van der Waals surface area contributed by atoms with Gasteiger partial charge in [0.25, 0.3) is 0 Å². The molecule has 0 atom stereocenters. The number of hydrogen-bond donors (Lipinski definition) is 0. The molecule has 5 nitrogen and oxygen atoms in total. The summed E-state index contributed by atoms with van der Waals surface area (Å²) in [6, 6.07) is 52.4. The van der Waals surface area contributed by atoms with Crippen LogP contribution in [0.1, 0.15) is 0 Å². The zero-order valence-electron chi connectivity index (χ0n) is 25.3. The first-order chi connectivity index (χ1) is 23.3. The minimum Gasteiger partial charge on any atom is -0.308 e. The SMILES string of the molecule is c1ccc(-c2nc3ccccc3c3c2c2ccccc2n3-c2ccc(-c3cc(-c4ccccn4)nc(-c4ccccn4)c3)cc2)cc1. The third-order valence-corrected chi connectivity index (χ3v) is 8.69. The Labute approximate surface area is 271 Å². The zero-order valence-corrected chi connectivity index (χ0v) is 25.3. The van der Waals surface area contributed by atoms with E-state index in [2.05, 4.69) is 124 Å². The van der Waals surface area contributed by atoms with Crippen molar-refractivity contribution in [3.05, 3.63) is 164 Å². The summed E-state index contributed by atoms with van der Waals surface area (Å²) >= 11 is 0. The van der Waals surface area contributed by atoms with E-state index in [0.717, 1.165) is 78.2 Å². The summed E-state index contributed by atoms with van der Waals surface area (Å²) in [6.07, 6.45) is 3.60. The summed E-state index contributed by atoms with van der Waals surface area (Å²) in [7, 11) is 0. The molecule has 5 heterocycles. The van der Waals surface area contributed by atoms with Crippen LogP contribution < -0.4 is 0 Å². The lowest BCUT2D eigenvalue weighted by atomic mass is 10.0. The van der Waals surface area contributed by atoms with Crippen LogP contribution in [-0.2, 0) is 0 Å². The van der Waals surface area contributed by atoms with Gasteiger partial charge in [-0.2, -0.15) is 0 Å². The molecule has 0 radical (unpaired) electrons. The van der Waals surface area contributed by atoms with Gasteiger partial charge in [0.2, 0.25) is 0 Å². The first kappa shape index (κ1) is 26.9. The molecule has 0 aliphatic heterocycles. The van der Waals surface area contributed by atoms with Gasteiger partial charge in [-0.05, 0) is 71.8 Å². The molecule has 0 aliphatic carbocycles. The van der Waals surface area contributed by atoms with Gasteiger partial charge in [-0.1, -0.05) is 91.0 Å². The molecule has 5 heteroatoms. The largest absolute Gasteiger partial charge is 0.308 e. The normalized spacial score (nSPS) is 11.4. The quantitative estimate of drug-likeness (QED) is 0.197. The molecule has 0 N–H and O–H groups in total. The number of benzene rings is 4. The topological polar surface area (TPSA) is 56.5 Å². The molecular weight excluding hydrogens is 574 g/mol. The first-order valence-corrected chi connectivity index (χ1v) is 15.6. The van der Waals surface area contributed by atoms with Crippen molar-refractivity contribution in [3.8, 4) is 50.8 Å². The summed E-state index contributed by atoms with van der Waals surface area (Å²) in [6.45, 7) is 0. The lowest BCUT2D eigenvalue weighted by molar-refractivity contribution is 1.18. The van der Waals surface area contributed by atoms with Crippen LogP contribution in [0.3, 0.4) is 0 Å². The molecule has 0 saturated carbocycles. The van der Waals surface area contributed by atoms with Crippen molar-refractivity contribution in [2.24, 2.45) is 0 Å². The Morgan fingerprint density at radius 3 is 1.72 bits per heavy atom. The van der Waals surface area contributed by atoms with E-state index in [1.807, 2.05) is 42.5 Å². The van der Waals surface area contributed by atoms with Gasteiger partial charge in [-0.15, -0.1) is 0 Å². The maximum Gasteiger partial charge on any atom is 0.0900 e. The fourth-order valence-corrected chi connectivity index (χ4v) is 6.55. The van der Waals surface area contributed by atoms with Crippen LogP contribution >= 0.6 is 0 Å². The van der Waals surface area contributed by atoms with Crippen LogP contribution in [0.25, 0.3) is 83.6 Å². The van der Waals surface area contributed by atoms with E-state index in [0.29, 0.717) is 0 Å². The predicted octanol–water partition coefficient (Wildman–Crippen LogP) is 10.2. The van der Waals surface area contributed by atoms with E-state index < -0.39 is 0 Å². The second-order valence-electron chi connectivity index (χ2n) is 11.5. The van der Waals surface area contributed by atoms with Crippen LogP contribution in [0.2, 0.25) is 0 Å². The van der Waals surface area contributed by atoms with E-state index in [9.17, 15) is 0 Å². The third-order valence-electron chi connectivity index (χ3n) is 8.69. The van der Waals surface area contributed by atoms with Crippen molar-refractivity contribution in [1.82, 2.24) is 24.5 Å². The average molecular weight is 602 g/mol.